The van der Waals surface area contributed by atoms with E-state index in [-0.39, 0.29) is 0 Å². The van der Waals surface area contributed by atoms with Gasteiger partial charge in [-0.1, -0.05) is 40.0 Å². The lowest BCUT2D eigenvalue weighted by atomic mass is 9.94. The van der Waals surface area contributed by atoms with E-state index < -0.39 is 29.8 Å². The van der Waals surface area contributed by atoms with E-state index in [1.54, 1.807) is 31.2 Å². The normalized spacial score (nSPS) is 20.4. The van der Waals surface area contributed by atoms with Crippen molar-refractivity contribution < 1.29 is 14.4 Å². The molecule has 0 radical (unpaired) electrons. The number of urea groups is 1. The van der Waals surface area contributed by atoms with Crippen molar-refractivity contribution in [2.75, 3.05) is 0 Å². The van der Waals surface area contributed by atoms with Crippen LogP contribution in [0.5, 0.6) is 0 Å². The number of benzene rings is 1. The first kappa shape index (κ1) is 14.3. The molecule has 0 bridgehead atoms. The van der Waals surface area contributed by atoms with Gasteiger partial charge in [0.1, 0.15) is 5.92 Å². The molecule has 1 heterocycles. The van der Waals surface area contributed by atoms with E-state index >= 15 is 0 Å². The van der Waals surface area contributed by atoms with Crippen LogP contribution < -0.4 is 5.32 Å². The second kappa shape index (κ2) is 5.47. The van der Waals surface area contributed by atoms with Crippen molar-refractivity contribution in [3.63, 3.8) is 0 Å². The smallest absolute Gasteiger partial charge is 0.277 e. The predicted octanol–water partition coefficient (Wildman–Crippen LogP) is 1.63. The molecule has 0 spiro atoms. The van der Waals surface area contributed by atoms with Crippen LogP contribution in [-0.4, -0.2) is 28.8 Å². The summed E-state index contributed by atoms with van der Waals surface area (Å²) in [5.41, 5.74) is 0.497. The molecule has 102 valence electrons. The van der Waals surface area contributed by atoms with Gasteiger partial charge in [-0.05, 0) is 18.6 Å². The maximum Gasteiger partial charge on any atom is 0.331 e. The number of hydrogen-bond donors (Lipinski definition) is 1. The predicted molar refractivity (Wildman–Crippen MR) is 75.6 cm³/mol. The van der Waals surface area contributed by atoms with Gasteiger partial charge < -0.3 is 0 Å². The Morgan fingerprint density at radius 2 is 2.00 bits per heavy atom. The SMILES string of the molecule is C#CC(C)N1C(=O)NC(=O)C(c2ccccc2Br)C1=O. The number of terminal acetylenes is 1. The highest BCUT2D eigenvalue weighted by Crippen LogP contribution is 2.29. The highest BCUT2D eigenvalue weighted by atomic mass is 79.9. The summed E-state index contributed by atoms with van der Waals surface area (Å²) < 4.78 is 0.621. The highest BCUT2D eigenvalue weighted by Gasteiger charge is 2.43. The van der Waals surface area contributed by atoms with Crippen LogP contribution in [0.25, 0.3) is 0 Å². The Balaban J connectivity index is 2.46. The Bertz CT molecular complexity index is 636. The maximum absolute atomic E-state index is 12.4. The van der Waals surface area contributed by atoms with Crippen molar-refractivity contribution in [1.82, 2.24) is 10.2 Å². The molecule has 2 atom stereocenters. The van der Waals surface area contributed by atoms with E-state index in [0.717, 1.165) is 4.90 Å². The number of barbiturate groups is 1. The first-order chi connectivity index (χ1) is 9.47. The van der Waals surface area contributed by atoms with Gasteiger partial charge in [-0.3, -0.25) is 14.9 Å². The Labute approximate surface area is 124 Å². The second-order valence-corrected chi connectivity index (χ2v) is 5.15. The quantitative estimate of drug-likeness (QED) is 0.660. The number of hydrogen-bond acceptors (Lipinski definition) is 3. The summed E-state index contributed by atoms with van der Waals surface area (Å²) in [5, 5.41) is 2.16. The molecular weight excluding hydrogens is 324 g/mol. The van der Waals surface area contributed by atoms with E-state index in [0.29, 0.717) is 10.0 Å². The molecule has 1 saturated heterocycles. The zero-order valence-corrected chi connectivity index (χ0v) is 12.2. The van der Waals surface area contributed by atoms with Crippen LogP contribution in [0, 0.1) is 12.3 Å². The molecule has 0 saturated carbocycles. The third-order valence-electron chi connectivity index (χ3n) is 3.04. The van der Waals surface area contributed by atoms with Gasteiger partial charge in [0.15, 0.2) is 0 Å². The summed E-state index contributed by atoms with van der Waals surface area (Å²) in [6.45, 7) is 1.55. The number of imide groups is 2. The largest absolute Gasteiger partial charge is 0.331 e. The van der Waals surface area contributed by atoms with Crippen molar-refractivity contribution in [1.29, 1.82) is 0 Å². The van der Waals surface area contributed by atoms with Gasteiger partial charge in [-0.15, -0.1) is 6.42 Å². The molecule has 4 amide bonds. The highest BCUT2D eigenvalue weighted by molar-refractivity contribution is 9.10. The van der Waals surface area contributed by atoms with Crippen LogP contribution in [0.4, 0.5) is 4.79 Å². The number of amides is 4. The van der Waals surface area contributed by atoms with E-state index in [1.807, 2.05) is 0 Å². The van der Waals surface area contributed by atoms with Gasteiger partial charge in [-0.25, -0.2) is 9.69 Å². The number of halogens is 1. The number of carbonyl (C=O) groups is 3. The van der Waals surface area contributed by atoms with Crippen LogP contribution in [0.15, 0.2) is 28.7 Å². The lowest BCUT2D eigenvalue weighted by Crippen LogP contribution is -2.59. The zero-order chi connectivity index (χ0) is 14.9. The molecule has 1 fully saturated rings. The van der Waals surface area contributed by atoms with Crippen molar-refractivity contribution in [3.8, 4) is 12.3 Å². The summed E-state index contributed by atoms with van der Waals surface area (Å²) in [6, 6.07) is 5.36. The average molecular weight is 335 g/mol. The van der Waals surface area contributed by atoms with Crippen LogP contribution in [0.3, 0.4) is 0 Å². The Morgan fingerprint density at radius 3 is 2.60 bits per heavy atom. The summed E-state index contributed by atoms with van der Waals surface area (Å²) in [4.78, 5) is 37.0. The standard InChI is InChI=1S/C14H11BrN2O3/c1-3-8(2)17-13(19)11(12(18)16-14(17)20)9-6-4-5-7-10(9)15/h1,4-8,11H,2H3,(H,16,18,20). The third-order valence-corrected chi connectivity index (χ3v) is 3.76. The average Bonchev–Trinajstić information content (AvgIpc) is 2.40. The molecule has 0 aromatic heterocycles. The number of carbonyl (C=O) groups excluding carboxylic acids is 3. The Hall–Kier alpha value is -2.13. The van der Waals surface area contributed by atoms with Crippen LogP contribution in [0.2, 0.25) is 0 Å². The molecule has 1 aliphatic heterocycles. The van der Waals surface area contributed by atoms with Gasteiger partial charge in [0.25, 0.3) is 0 Å². The first-order valence-corrected chi connectivity index (χ1v) is 6.65. The van der Waals surface area contributed by atoms with Gasteiger partial charge >= 0.3 is 6.03 Å². The minimum Gasteiger partial charge on any atom is -0.277 e. The molecule has 2 rings (SSSR count). The summed E-state index contributed by atoms with van der Waals surface area (Å²) in [7, 11) is 0. The number of nitrogens with zero attached hydrogens (tertiary/aromatic N) is 1. The minimum absolute atomic E-state index is 0.497. The van der Waals surface area contributed by atoms with Crippen molar-refractivity contribution in [2.24, 2.45) is 0 Å². The lowest BCUT2D eigenvalue weighted by Gasteiger charge is -2.32. The number of rotatable bonds is 2. The maximum atomic E-state index is 12.4. The van der Waals surface area contributed by atoms with Crippen LogP contribution in [0.1, 0.15) is 18.4 Å². The fourth-order valence-corrected chi connectivity index (χ4v) is 2.53. The molecule has 5 nitrogen and oxygen atoms in total. The second-order valence-electron chi connectivity index (χ2n) is 4.30. The van der Waals surface area contributed by atoms with Gasteiger partial charge in [0.05, 0.1) is 6.04 Å². The number of nitrogens with one attached hydrogen (secondary N) is 1. The molecule has 6 heteroatoms. The lowest BCUT2D eigenvalue weighted by molar-refractivity contribution is -0.139. The summed E-state index contributed by atoms with van der Waals surface area (Å²) >= 11 is 3.30. The Morgan fingerprint density at radius 1 is 1.35 bits per heavy atom. The van der Waals surface area contributed by atoms with Gasteiger partial charge in [-0.2, -0.15) is 0 Å². The molecule has 1 aromatic carbocycles. The van der Waals surface area contributed by atoms with E-state index in [4.69, 9.17) is 6.42 Å². The summed E-state index contributed by atoms with van der Waals surface area (Å²) in [6.07, 6.45) is 5.26. The molecule has 1 N–H and O–H groups in total. The topological polar surface area (TPSA) is 66.5 Å². The third kappa shape index (κ3) is 2.32. The molecule has 20 heavy (non-hydrogen) atoms. The molecule has 2 unspecified atom stereocenters. The van der Waals surface area contributed by atoms with E-state index in [9.17, 15) is 14.4 Å². The summed E-state index contributed by atoms with van der Waals surface area (Å²) in [5.74, 6) is -0.0267. The molecular formula is C14H11BrN2O3. The van der Waals surface area contributed by atoms with Crippen molar-refractivity contribution in [3.05, 3.63) is 34.3 Å². The van der Waals surface area contributed by atoms with Crippen molar-refractivity contribution in [2.45, 2.75) is 18.9 Å². The van der Waals surface area contributed by atoms with Gasteiger partial charge in [0.2, 0.25) is 11.8 Å². The van der Waals surface area contributed by atoms with Crippen LogP contribution >= 0.6 is 15.9 Å². The van der Waals surface area contributed by atoms with Gasteiger partial charge in [0, 0.05) is 4.47 Å². The van der Waals surface area contributed by atoms with E-state index in [2.05, 4.69) is 27.2 Å². The molecule has 1 aromatic rings. The van der Waals surface area contributed by atoms with Crippen LogP contribution in [-0.2, 0) is 9.59 Å². The van der Waals surface area contributed by atoms with Crippen molar-refractivity contribution >= 4 is 33.8 Å². The zero-order valence-electron chi connectivity index (χ0n) is 10.6. The van der Waals surface area contributed by atoms with E-state index in [1.165, 1.54) is 0 Å². The fourth-order valence-electron chi connectivity index (χ4n) is 2.01. The fraction of sp³-hybridized carbons (Fsp3) is 0.214. The Kier molecular flexibility index (Phi) is 3.91. The molecule has 0 aliphatic carbocycles. The minimum atomic E-state index is -1.08. The monoisotopic (exact) mass is 334 g/mol. The molecule has 1 aliphatic rings. The first-order valence-electron chi connectivity index (χ1n) is 5.85.